The number of rotatable bonds is 3. The minimum absolute atomic E-state index is 0.0564. The number of nitro groups is 1. The van der Waals surface area contributed by atoms with E-state index in [1.165, 1.54) is 13.2 Å². The van der Waals surface area contributed by atoms with Crippen molar-refractivity contribution in [1.82, 2.24) is 0 Å². The molecule has 0 heterocycles. The third-order valence-electron chi connectivity index (χ3n) is 1.70. The number of oxime groups is 1. The first-order valence-electron chi connectivity index (χ1n) is 3.83. The predicted octanol–water partition coefficient (Wildman–Crippen LogP) is 1.12. The summed E-state index contributed by atoms with van der Waals surface area (Å²) in [7, 11) is 1.26. The van der Waals surface area contributed by atoms with Gasteiger partial charge in [-0.15, -0.1) is 0 Å². The Morgan fingerprint density at radius 2 is 2.27 bits per heavy atom. The molecule has 2 N–H and O–H groups in total. The van der Waals surface area contributed by atoms with Crippen LogP contribution in [0.1, 0.15) is 5.56 Å². The second kappa shape index (κ2) is 4.27. The summed E-state index contributed by atoms with van der Waals surface area (Å²) in [5, 5.41) is 30.9. The summed E-state index contributed by atoms with van der Waals surface area (Å²) in [6, 6.07) is 2.37. The van der Waals surface area contributed by atoms with Crippen molar-refractivity contribution in [3.8, 4) is 11.5 Å². The van der Waals surface area contributed by atoms with Gasteiger partial charge in [-0.05, 0) is 6.07 Å². The van der Waals surface area contributed by atoms with Gasteiger partial charge < -0.3 is 15.1 Å². The van der Waals surface area contributed by atoms with Gasteiger partial charge in [0.2, 0.25) is 5.75 Å². The van der Waals surface area contributed by atoms with Crippen LogP contribution in [0.3, 0.4) is 0 Å². The third kappa shape index (κ3) is 2.13. The molecule has 0 saturated carbocycles. The van der Waals surface area contributed by atoms with Crippen LogP contribution in [0.25, 0.3) is 0 Å². The zero-order valence-corrected chi connectivity index (χ0v) is 7.75. The van der Waals surface area contributed by atoms with E-state index in [1.54, 1.807) is 0 Å². The van der Waals surface area contributed by atoms with Crippen molar-refractivity contribution in [1.29, 1.82) is 0 Å². The van der Waals surface area contributed by atoms with Gasteiger partial charge in [-0.3, -0.25) is 10.1 Å². The Bertz CT molecular complexity index is 416. The summed E-state index contributed by atoms with van der Waals surface area (Å²) in [6.07, 6.45) is 0.995. The number of aromatic hydroxyl groups is 1. The van der Waals surface area contributed by atoms with Crippen LogP contribution in [0.4, 0.5) is 5.69 Å². The van der Waals surface area contributed by atoms with E-state index in [-0.39, 0.29) is 11.3 Å². The number of nitro benzene ring substituents is 1. The average molecular weight is 212 g/mol. The van der Waals surface area contributed by atoms with Gasteiger partial charge in [0.1, 0.15) is 0 Å². The highest BCUT2D eigenvalue weighted by molar-refractivity contribution is 5.82. The molecule has 1 aromatic rings. The molecule has 0 saturated heterocycles. The van der Waals surface area contributed by atoms with Crippen LogP contribution in [0.5, 0.6) is 11.5 Å². The molecule has 0 radical (unpaired) electrons. The maximum atomic E-state index is 10.5. The molecule has 0 unspecified atom stereocenters. The van der Waals surface area contributed by atoms with Crippen molar-refractivity contribution in [3.63, 3.8) is 0 Å². The maximum absolute atomic E-state index is 10.5. The normalized spacial score (nSPS) is 10.5. The Morgan fingerprint density at radius 3 is 2.73 bits per heavy atom. The lowest BCUT2D eigenvalue weighted by molar-refractivity contribution is -0.386. The molecular weight excluding hydrogens is 204 g/mol. The maximum Gasteiger partial charge on any atom is 0.315 e. The van der Waals surface area contributed by atoms with Crippen molar-refractivity contribution in [2.45, 2.75) is 0 Å². The van der Waals surface area contributed by atoms with Gasteiger partial charge in [-0.25, -0.2) is 0 Å². The molecule has 0 aliphatic rings. The number of methoxy groups -OCH3 is 1. The van der Waals surface area contributed by atoms with Crippen LogP contribution in [-0.4, -0.2) is 28.6 Å². The van der Waals surface area contributed by atoms with E-state index in [1.807, 2.05) is 0 Å². The Hall–Kier alpha value is -2.31. The number of phenolic OH excluding ortho intramolecular Hbond substituents is 1. The highest BCUT2D eigenvalue weighted by Gasteiger charge is 2.19. The second-order valence-electron chi connectivity index (χ2n) is 2.59. The molecule has 80 valence electrons. The van der Waals surface area contributed by atoms with Gasteiger partial charge in [0, 0.05) is 11.6 Å². The van der Waals surface area contributed by atoms with Crippen molar-refractivity contribution in [3.05, 3.63) is 27.8 Å². The summed E-state index contributed by atoms with van der Waals surface area (Å²) in [4.78, 5) is 9.77. The van der Waals surface area contributed by atoms with Crippen LogP contribution < -0.4 is 4.74 Å². The molecule has 1 rings (SSSR count). The molecule has 7 heteroatoms. The Morgan fingerprint density at radius 1 is 1.60 bits per heavy atom. The number of benzene rings is 1. The molecule has 0 aromatic heterocycles. The van der Waals surface area contributed by atoms with Crippen LogP contribution in [0.2, 0.25) is 0 Å². The van der Waals surface area contributed by atoms with Crippen molar-refractivity contribution in [2.75, 3.05) is 7.11 Å². The Kier molecular flexibility index (Phi) is 3.06. The van der Waals surface area contributed by atoms with Crippen molar-refractivity contribution >= 4 is 11.9 Å². The second-order valence-corrected chi connectivity index (χ2v) is 2.59. The monoisotopic (exact) mass is 212 g/mol. The van der Waals surface area contributed by atoms with E-state index >= 15 is 0 Å². The molecule has 7 nitrogen and oxygen atoms in total. The third-order valence-corrected chi connectivity index (χ3v) is 1.70. The van der Waals surface area contributed by atoms with Gasteiger partial charge >= 0.3 is 5.69 Å². The molecule has 0 atom stereocenters. The van der Waals surface area contributed by atoms with Gasteiger partial charge in [0.25, 0.3) is 0 Å². The summed E-state index contributed by atoms with van der Waals surface area (Å²) in [6.45, 7) is 0. The van der Waals surface area contributed by atoms with E-state index in [0.29, 0.717) is 0 Å². The first kappa shape index (κ1) is 10.8. The summed E-state index contributed by atoms with van der Waals surface area (Å²) in [5.74, 6) is -0.614. The van der Waals surface area contributed by atoms with E-state index in [9.17, 15) is 15.2 Å². The van der Waals surface area contributed by atoms with E-state index in [4.69, 9.17) is 9.94 Å². The van der Waals surface area contributed by atoms with Gasteiger partial charge in [0.15, 0.2) is 5.75 Å². The first-order valence-corrected chi connectivity index (χ1v) is 3.83. The smallest absolute Gasteiger partial charge is 0.315 e. The molecule has 0 spiro atoms. The van der Waals surface area contributed by atoms with Crippen LogP contribution in [0, 0.1) is 10.1 Å². The number of ether oxygens (including phenoxy) is 1. The molecule has 0 amide bonds. The highest BCUT2D eigenvalue weighted by atomic mass is 16.6. The Balaban J connectivity index is 3.38. The van der Waals surface area contributed by atoms with Crippen molar-refractivity contribution in [2.24, 2.45) is 5.16 Å². The molecule has 0 aliphatic heterocycles. The minimum atomic E-state index is -0.757. The molecule has 0 aliphatic carbocycles. The van der Waals surface area contributed by atoms with Crippen molar-refractivity contribution < 1.29 is 20.0 Å². The SMILES string of the molecule is COc1cc(/C=N\O)cc([N+](=O)[O-])c1O. The van der Waals surface area contributed by atoms with E-state index in [0.717, 1.165) is 12.3 Å². The standard InChI is InChI=1S/C8H8N2O5/c1-15-7-3-5(4-9-12)2-6(8(7)11)10(13)14/h2-4,11-12H,1H3/b9-4-. The lowest BCUT2D eigenvalue weighted by Crippen LogP contribution is -1.94. The first-order chi connectivity index (χ1) is 7.10. The largest absolute Gasteiger partial charge is 0.500 e. The fourth-order valence-corrected chi connectivity index (χ4v) is 1.05. The van der Waals surface area contributed by atoms with Crippen LogP contribution in [0.15, 0.2) is 17.3 Å². The fourth-order valence-electron chi connectivity index (χ4n) is 1.05. The minimum Gasteiger partial charge on any atom is -0.500 e. The predicted molar refractivity (Wildman–Crippen MR) is 50.7 cm³/mol. The highest BCUT2D eigenvalue weighted by Crippen LogP contribution is 2.36. The van der Waals surface area contributed by atoms with E-state index in [2.05, 4.69) is 5.16 Å². The molecule has 15 heavy (non-hydrogen) atoms. The zero-order valence-electron chi connectivity index (χ0n) is 7.75. The van der Waals surface area contributed by atoms with Crippen LogP contribution in [-0.2, 0) is 0 Å². The topological polar surface area (TPSA) is 105 Å². The molecular formula is C8H8N2O5. The average Bonchev–Trinajstić information content (AvgIpc) is 2.20. The van der Waals surface area contributed by atoms with Gasteiger partial charge in [-0.1, -0.05) is 5.16 Å². The van der Waals surface area contributed by atoms with Gasteiger partial charge in [0.05, 0.1) is 18.2 Å². The van der Waals surface area contributed by atoms with E-state index < -0.39 is 16.4 Å². The summed E-state index contributed by atoms with van der Waals surface area (Å²) in [5.41, 5.74) is -0.261. The zero-order chi connectivity index (χ0) is 11.4. The number of nitrogens with zero attached hydrogens (tertiary/aromatic N) is 2. The lowest BCUT2D eigenvalue weighted by atomic mass is 10.2. The molecule has 1 aromatic carbocycles. The summed E-state index contributed by atoms with van der Waals surface area (Å²) >= 11 is 0. The lowest BCUT2D eigenvalue weighted by Gasteiger charge is -2.04. The fraction of sp³-hybridized carbons (Fsp3) is 0.125. The quantitative estimate of drug-likeness (QED) is 0.338. The van der Waals surface area contributed by atoms with Crippen LogP contribution >= 0.6 is 0 Å². The van der Waals surface area contributed by atoms with Gasteiger partial charge in [-0.2, -0.15) is 0 Å². The molecule has 0 bridgehead atoms. The number of hydrogen-bond donors (Lipinski definition) is 2. The Labute approximate surface area is 84.4 Å². The number of hydrogen-bond acceptors (Lipinski definition) is 6. The molecule has 0 fully saturated rings. The summed E-state index contributed by atoms with van der Waals surface area (Å²) < 4.78 is 4.73. The number of phenols is 1.